The van der Waals surface area contributed by atoms with Crippen molar-refractivity contribution in [2.75, 3.05) is 52.5 Å². The van der Waals surface area contributed by atoms with Crippen LogP contribution in [0.15, 0.2) is 54.6 Å². The Morgan fingerprint density at radius 3 is 2.06 bits per heavy atom. The molecular weight excluding hydrogens is 635 g/mol. The number of ether oxygens (including phenoxy) is 2. The van der Waals surface area contributed by atoms with E-state index >= 15 is 0 Å². The summed E-state index contributed by atoms with van der Waals surface area (Å²) in [6.45, 7) is 3.10. The molecule has 0 aliphatic carbocycles. The zero-order chi connectivity index (χ0) is 34.7. The number of ketones is 1. The molecule has 12 nitrogen and oxygen atoms in total. The number of Topliss-reactive ketones (excluding diaryl/α,β-unsaturated/α-hetero) is 1. The van der Waals surface area contributed by atoms with Crippen molar-refractivity contribution in [3.8, 4) is 0 Å². The molecule has 2 aliphatic heterocycles. The lowest BCUT2D eigenvalue weighted by Crippen LogP contribution is -2.54. The van der Waals surface area contributed by atoms with Crippen molar-refractivity contribution in [2.24, 2.45) is 0 Å². The van der Waals surface area contributed by atoms with Gasteiger partial charge in [0.15, 0.2) is 5.78 Å². The van der Waals surface area contributed by atoms with Gasteiger partial charge in [-0.15, -0.1) is 0 Å². The van der Waals surface area contributed by atoms with Crippen LogP contribution in [0, 0.1) is 0 Å². The van der Waals surface area contributed by atoms with E-state index in [0.29, 0.717) is 38.3 Å². The number of carbonyl (C=O) groups is 5. The van der Waals surface area contributed by atoms with Crippen molar-refractivity contribution in [3.05, 3.63) is 71.3 Å². The van der Waals surface area contributed by atoms with Gasteiger partial charge in [-0.1, -0.05) is 42.5 Å². The van der Waals surface area contributed by atoms with Crippen LogP contribution in [0.25, 0.3) is 0 Å². The van der Waals surface area contributed by atoms with Crippen LogP contribution in [-0.2, 0) is 52.5 Å². The second kappa shape index (κ2) is 16.7. The van der Waals surface area contributed by atoms with E-state index in [1.54, 1.807) is 6.92 Å². The number of morpholine rings is 1. The van der Waals surface area contributed by atoms with Gasteiger partial charge in [-0.25, -0.2) is 0 Å². The molecule has 2 heterocycles. The van der Waals surface area contributed by atoms with Gasteiger partial charge in [0, 0.05) is 19.5 Å². The van der Waals surface area contributed by atoms with Gasteiger partial charge in [-0.05, 0) is 43.0 Å². The highest BCUT2D eigenvalue weighted by atomic mass is 19.4. The number of halogens is 3. The third-order valence-electron chi connectivity index (χ3n) is 8.07. The molecule has 0 saturated carbocycles. The van der Waals surface area contributed by atoms with Crippen molar-refractivity contribution in [1.29, 1.82) is 0 Å². The predicted octanol–water partition coefficient (Wildman–Crippen LogP) is 0.773. The zero-order valence-electron chi connectivity index (χ0n) is 26.6. The van der Waals surface area contributed by atoms with E-state index in [2.05, 4.69) is 21.3 Å². The fraction of sp³-hybridized carbons (Fsp3) is 0.485. The molecule has 0 radical (unpaired) electrons. The number of hydrogen-bond donors (Lipinski definition) is 4. The second-order valence-corrected chi connectivity index (χ2v) is 11.9. The highest BCUT2D eigenvalue weighted by molar-refractivity contribution is 5.96. The Hall–Kier alpha value is -4.34. The molecule has 0 bridgehead atoms. The molecule has 2 aromatic carbocycles. The van der Waals surface area contributed by atoms with Crippen LogP contribution in [0.3, 0.4) is 0 Å². The summed E-state index contributed by atoms with van der Waals surface area (Å²) in [5.41, 5.74) is -0.590. The molecule has 0 spiro atoms. The van der Waals surface area contributed by atoms with Crippen LogP contribution in [0.4, 0.5) is 13.2 Å². The Kier molecular flexibility index (Phi) is 12.7. The molecule has 4 N–H and O–H groups in total. The maximum absolute atomic E-state index is 13.2. The summed E-state index contributed by atoms with van der Waals surface area (Å²) < 4.78 is 49.6. The highest BCUT2D eigenvalue weighted by Gasteiger charge is 2.46. The van der Waals surface area contributed by atoms with Gasteiger partial charge in [-0.3, -0.25) is 28.9 Å². The van der Waals surface area contributed by atoms with E-state index in [0.717, 1.165) is 17.7 Å². The smallest absolute Gasteiger partial charge is 0.379 e. The van der Waals surface area contributed by atoms with Gasteiger partial charge in [0.25, 0.3) is 0 Å². The van der Waals surface area contributed by atoms with Gasteiger partial charge < -0.3 is 30.7 Å². The molecule has 48 heavy (non-hydrogen) atoms. The number of alkyl halides is 3. The van der Waals surface area contributed by atoms with Crippen LogP contribution in [-0.4, -0.2) is 105 Å². The SMILES string of the molecule is C[C@]1(C(=O)CNC(=O)[C@H](Cc2ccc(C(F)(F)F)cc2)NC(=O)CNC(=O)[C@H](CCc2ccccc2)NC(=O)CN2CCOCC2)CO1. The minimum absolute atomic E-state index is 0.0769. The minimum Gasteiger partial charge on any atom is -0.379 e. The normalized spacial score (nSPS) is 19.0. The molecule has 2 fully saturated rings. The van der Waals surface area contributed by atoms with Crippen LogP contribution < -0.4 is 21.3 Å². The quantitative estimate of drug-likeness (QED) is 0.190. The lowest BCUT2D eigenvalue weighted by atomic mass is 10.0. The van der Waals surface area contributed by atoms with Crippen molar-refractivity contribution < 1.29 is 46.6 Å². The molecule has 2 aromatic rings. The van der Waals surface area contributed by atoms with Crippen molar-refractivity contribution in [3.63, 3.8) is 0 Å². The summed E-state index contributed by atoms with van der Waals surface area (Å²) in [5, 5.41) is 10.2. The van der Waals surface area contributed by atoms with Gasteiger partial charge in [0.1, 0.15) is 17.7 Å². The summed E-state index contributed by atoms with van der Waals surface area (Å²) in [7, 11) is 0. The third-order valence-corrected chi connectivity index (χ3v) is 8.07. The summed E-state index contributed by atoms with van der Waals surface area (Å²) in [6.07, 6.45) is -4.02. The largest absolute Gasteiger partial charge is 0.416 e. The standard InChI is InChI=1S/C33H40F3N5O7/c1-32(21-48-32)27(42)18-37-31(46)26(17-23-7-10-24(11-8-23)33(34,35)36)40-28(43)19-38-30(45)25(12-9-22-5-3-2-4-6-22)39-29(44)20-41-13-15-47-16-14-41/h2-8,10-11,25-26H,9,12-21H2,1H3,(H,37,46)(H,38,45)(H,39,44)(H,40,43)/t25-,26-,32+/m0/s1. The van der Waals surface area contributed by atoms with Crippen LogP contribution in [0.5, 0.6) is 0 Å². The van der Waals surface area contributed by atoms with Crippen LogP contribution >= 0.6 is 0 Å². The predicted molar refractivity (Wildman–Crippen MR) is 166 cm³/mol. The topological polar surface area (TPSA) is 158 Å². The zero-order valence-corrected chi connectivity index (χ0v) is 26.6. The molecule has 15 heteroatoms. The minimum atomic E-state index is -4.55. The van der Waals surface area contributed by atoms with E-state index in [1.165, 1.54) is 12.1 Å². The number of amides is 4. The van der Waals surface area contributed by atoms with E-state index in [-0.39, 0.29) is 44.2 Å². The van der Waals surface area contributed by atoms with E-state index in [1.807, 2.05) is 35.2 Å². The number of carbonyl (C=O) groups excluding carboxylic acids is 5. The third kappa shape index (κ3) is 11.4. The Labute approximate surface area is 276 Å². The Balaban J connectivity index is 1.37. The van der Waals surface area contributed by atoms with Crippen LogP contribution in [0.2, 0.25) is 0 Å². The fourth-order valence-corrected chi connectivity index (χ4v) is 4.98. The first-order valence-corrected chi connectivity index (χ1v) is 15.6. The number of hydrogen-bond acceptors (Lipinski definition) is 8. The monoisotopic (exact) mass is 675 g/mol. The Bertz CT molecular complexity index is 1430. The van der Waals surface area contributed by atoms with E-state index < -0.39 is 53.7 Å². The second-order valence-electron chi connectivity index (χ2n) is 11.9. The first-order valence-electron chi connectivity index (χ1n) is 15.6. The molecule has 2 aliphatic rings. The lowest BCUT2D eigenvalue weighted by Gasteiger charge is -2.27. The average Bonchev–Trinajstić information content (AvgIpc) is 3.83. The van der Waals surface area contributed by atoms with Crippen molar-refractivity contribution in [2.45, 2.75) is 50.0 Å². The average molecular weight is 676 g/mol. The molecule has 2 saturated heterocycles. The molecule has 4 amide bonds. The molecule has 4 rings (SSSR count). The van der Waals surface area contributed by atoms with Crippen molar-refractivity contribution >= 4 is 29.4 Å². The molecule has 0 unspecified atom stereocenters. The van der Waals surface area contributed by atoms with Gasteiger partial charge in [0.2, 0.25) is 23.6 Å². The fourth-order valence-electron chi connectivity index (χ4n) is 4.98. The first kappa shape index (κ1) is 36.5. The molecule has 0 aromatic heterocycles. The van der Waals surface area contributed by atoms with Gasteiger partial charge in [-0.2, -0.15) is 13.2 Å². The molecule has 260 valence electrons. The number of nitrogens with zero attached hydrogens (tertiary/aromatic N) is 1. The van der Waals surface area contributed by atoms with Crippen LogP contribution in [0.1, 0.15) is 30.0 Å². The van der Waals surface area contributed by atoms with Gasteiger partial charge >= 0.3 is 6.18 Å². The van der Waals surface area contributed by atoms with Crippen molar-refractivity contribution in [1.82, 2.24) is 26.2 Å². The number of benzene rings is 2. The Morgan fingerprint density at radius 1 is 0.833 bits per heavy atom. The summed E-state index contributed by atoms with van der Waals surface area (Å²) in [6, 6.07) is 11.2. The maximum atomic E-state index is 13.2. The molecular formula is C33H40F3N5O7. The maximum Gasteiger partial charge on any atom is 0.416 e. The number of epoxide rings is 1. The first-order chi connectivity index (χ1) is 22.8. The number of rotatable bonds is 16. The summed E-state index contributed by atoms with van der Waals surface area (Å²) >= 11 is 0. The van der Waals surface area contributed by atoms with E-state index in [9.17, 15) is 37.1 Å². The lowest BCUT2D eigenvalue weighted by molar-refractivity contribution is -0.137. The summed E-state index contributed by atoms with van der Waals surface area (Å²) in [4.78, 5) is 66.3. The Morgan fingerprint density at radius 2 is 1.44 bits per heavy atom. The number of nitrogens with one attached hydrogen (secondary N) is 4. The van der Waals surface area contributed by atoms with E-state index in [4.69, 9.17) is 9.47 Å². The van der Waals surface area contributed by atoms with Gasteiger partial charge in [0.05, 0.1) is 45.0 Å². The summed E-state index contributed by atoms with van der Waals surface area (Å²) in [5.74, 6) is -2.85. The highest BCUT2D eigenvalue weighted by Crippen LogP contribution is 2.29. The number of aryl methyl sites for hydroxylation is 1. The molecule has 3 atom stereocenters.